The zero-order valence-electron chi connectivity index (χ0n) is 15.0. The number of halogens is 4. The van der Waals surface area contributed by atoms with Crippen molar-refractivity contribution in [3.05, 3.63) is 81.9 Å². The summed E-state index contributed by atoms with van der Waals surface area (Å²) in [6.07, 6.45) is 0. The largest absolute Gasteiger partial charge is 0.124 e. The number of alkyl halides is 4. The Morgan fingerprint density at radius 2 is 1.19 bits per heavy atom. The summed E-state index contributed by atoms with van der Waals surface area (Å²) >= 11 is 10.3. The second-order valence-electron chi connectivity index (χ2n) is 7.11. The van der Waals surface area contributed by atoms with E-state index in [4.69, 9.17) is 0 Å². The molecule has 0 unspecified atom stereocenters. The summed E-state index contributed by atoms with van der Waals surface area (Å²) in [7, 11) is 0. The van der Waals surface area contributed by atoms with Crippen LogP contribution in [0.15, 0.2) is 48.5 Å². The first-order chi connectivity index (χ1) is 12.9. The van der Waals surface area contributed by atoms with Gasteiger partial charge in [-0.1, -0.05) is 138 Å². The summed E-state index contributed by atoms with van der Waals surface area (Å²) in [6.45, 7) is 4.37. The first kappa shape index (κ1) is 20.8. The highest BCUT2D eigenvalue weighted by Crippen LogP contribution is 2.58. The van der Waals surface area contributed by atoms with Crippen molar-refractivity contribution in [3.8, 4) is 22.3 Å². The average Bonchev–Trinajstić information content (AvgIpc) is 2.87. The predicted octanol–water partition coefficient (Wildman–Crippen LogP) is 8.89. The van der Waals surface area contributed by atoms with Gasteiger partial charge >= 0.3 is 0 Å². The molecule has 0 fully saturated rings. The van der Waals surface area contributed by atoms with E-state index >= 15 is 0 Å². The van der Waals surface area contributed by atoms with Gasteiger partial charge in [0.1, 0.15) is 1.43 Å². The monoisotopic (exact) mass is 802 g/mol. The zero-order valence-corrected chi connectivity index (χ0v) is 23.7. The molecule has 1 aliphatic carbocycles. The van der Waals surface area contributed by atoms with E-state index in [2.05, 4.69) is 153 Å². The average molecular weight is 802 g/mol. The predicted molar refractivity (Wildman–Crippen MR) is 151 cm³/mol. The van der Waals surface area contributed by atoms with Gasteiger partial charge in [0, 0.05) is 8.86 Å². The highest BCUT2D eigenvalue weighted by Gasteiger charge is 2.39. The molecule has 0 aromatic heterocycles. The minimum absolute atomic E-state index is 0.0139. The maximum Gasteiger partial charge on any atom is 0.124 e. The van der Waals surface area contributed by atoms with Crippen molar-refractivity contribution in [2.45, 2.75) is 24.1 Å². The molecular weight excluding hydrogens is 784 g/mol. The lowest BCUT2D eigenvalue weighted by Crippen LogP contribution is -2.07. The van der Waals surface area contributed by atoms with Gasteiger partial charge in [-0.3, -0.25) is 0 Å². The zero-order chi connectivity index (χ0) is 19.3. The van der Waals surface area contributed by atoms with Crippen LogP contribution in [-0.2, 0) is 10.3 Å². The van der Waals surface area contributed by atoms with Crippen molar-refractivity contribution < 1.29 is 0 Å². The van der Waals surface area contributed by atoms with Crippen molar-refractivity contribution in [2.75, 3.05) is 0 Å². The topological polar surface area (TPSA) is 0 Å². The standard InChI is InChI=1S/C23H18I4/c1-13-3-5-17(15(7-13)11-24)19-10-22-20(9-16(19)12-25)18-6-4-14(2)8-21(18)23(22,26)27/h3-10H,11-12H2,1-2H3. The van der Waals surface area contributed by atoms with Gasteiger partial charge in [0.25, 0.3) is 0 Å². The van der Waals surface area contributed by atoms with Crippen LogP contribution in [-0.4, -0.2) is 0 Å². The molecule has 3 aromatic rings. The normalized spacial score (nSPS) is 14.1. The summed E-state index contributed by atoms with van der Waals surface area (Å²) in [5.41, 5.74) is 14.0. The van der Waals surface area contributed by atoms with E-state index in [0.717, 1.165) is 8.86 Å². The van der Waals surface area contributed by atoms with Crippen LogP contribution < -0.4 is 0 Å². The Morgan fingerprint density at radius 1 is 0.630 bits per heavy atom. The lowest BCUT2D eigenvalue weighted by molar-refractivity contribution is 1.21. The Labute approximate surface area is 215 Å². The molecule has 4 heteroatoms. The molecule has 3 aromatic carbocycles. The van der Waals surface area contributed by atoms with Crippen molar-refractivity contribution in [1.82, 2.24) is 0 Å². The molecule has 0 saturated carbocycles. The second kappa shape index (κ2) is 8.02. The number of aryl methyl sites for hydroxylation is 2. The number of fused-ring (bicyclic) bond motifs is 3. The molecule has 0 saturated heterocycles. The van der Waals surface area contributed by atoms with Crippen molar-refractivity contribution in [3.63, 3.8) is 0 Å². The van der Waals surface area contributed by atoms with Gasteiger partial charge in [-0.25, -0.2) is 0 Å². The van der Waals surface area contributed by atoms with Crippen LogP contribution in [0.5, 0.6) is 0 Å². The van der Waals surface area contributed by atoms with E-state index in [1.54, 1.807) is 0 Å². The third kappa shape index (κ3) is 3.62. The molecule has 27 heavy (non-hydrogen) atoms. The first-order valence-electron chi connectivity index (χ1n) is 8.75. The Hall–Kier alpha value is 0.580. The second-order valence-corrected chi connectivity index (χ2v) is 13.9. The molecule has 0 heterocycles. The Bertz CT molecular complexity index is 1050. The fraction of sp³-hybridized carbons (Fsp3) is 0.217. The molecule has 0 atom stereocenters. The van der Waals surface area contributed by atoms with Gasteiger partial charge in [0.05, 0.1) is 0 Å². The molecule has 0 amide bonds. The molecule has 0 spiro atoms. The lowest BCUT2D eigenvalue weighted by Gasteiger charge is -2.20. The Balaban J connectivity index is 2.00. The van der Waals surface area contributed by atoms with Gasteiger partial charge in [0.15, 0.2) is 0 Å². The highest BCUT2D eigenvalue weighted by molar-refractivity contribution is 14.2. The third-order valence-corrected chi connectivity index (χ3v) is 9.19. The molecule has 0 N–H and O–H groups in total. The van der Waals surface area contributed by atoms with Crippen LogP contribution >= 0.6 is 90.4 Å². The number of benzene rings is 3. The van der Waals surface area contributed by atoms with E-state index in [1.165, 1.54) is 55.6 Å². The van der Waals surface area contributed by atoms with Crippen LogP contribution in [0.25, 0.3) is 22.3 Å². The van der Waals surface area contributed by atoms with Gasteiger partial charge < -0.3 is 0 Å². The molecule has 0 bridgehead atoms. The van der Waals surface area contributed by atoms with Crippen molar-refractivity contribution in [2.24, 2.45) is 0 Å². The van der Waals surface area contributed by atoms with Gasteiger partial charge in [0.2, 0.25) is 0 Å². The van der Waals surface area contributed by atoms with Gasteiger partial charge in [-0.2, -0.15) is 0 Å². The molecule has 1 aliphatic rings. The van der Waals surface area contributed by atoms with E-state index in [-0.39, 0.29) is 1.43 Å². The Kier molecular flexibility index (Phi) is 6.19. The first-order valence-corrected chi connectivity index (χ1v) is 14.0. The van der Waals surface area contributed by atoms with E-state index in [1.807, 2.05) is 0 Å². The van der Waals surface area contributed by atoms with E-state index < -0.39 is 0 Å². The summed E-state index contributed by atoms with van der Waals surface area (Å²) in [6, 6.07) is 18.7. The van der Waals surface area contributed by atoms with Gasteiger partial charge in [-0.05, 0) is 70.5 Å². The quantitative estimate of drug-likeness (QED) is 0.184. The molecule has 0 nitrogen and oxygen atoms in total. The maximum atomic E-state index is 2.63. The van der Waals surface area contributed by atoms with Crippen molar-refractivity contribution in [1.29, 1.82) is 0 Å². The fourth-order valence-electron chi connectivity index (χ4n) is 3.88. The summed E-state index contributed by atoms with van der Waals surface area (Å²) < 4.78 is 2.04. The highest BCUT2D eigenvalue weighted by atomic mass is 127. The van der Waals surface area contributed by atoms with Crippen LogP contribution in [0.2, 0.25) is 0 Å². The SMILES string of the molecule is Cc1ccc(-c2cc3c(cc2CI)-c2ccc(C)cc2C3(I)I)c(CI)c1. The van der Waals surface area contributed by atoms with Crippen LogP contribution in [0, 0.1) is 13.8 Å². The molecular formula is C23H18I4. The van der Waals surface area contributed by atoms with E-state index in [9.17, 15) is 0 Å². The number of hydrogen-bond acceptors (Lipinski definition) is 0. The van der Waals surface area contributed by atoms with Crippen LogP contribution in [0.4, 0.5) is 0 Å². The summed E-state index contributed by atoms with van der Waals surface area (Å²) in [5.74, 6) is 0. The van der Waals surface area contributed by atoms with Crippen LogP contribution in [0.1, 0.15) is 33.4 Å². The van der Waals surface area contributed by atoms with Crippen molar-refractivity contribution >= 4 is 90.4 Å². The minimum atomic E-state index is -0.0139. The van der Waals surface area contributed by atoms with Gasteiger partial charge in [-0.15, -0.1) is 0 Å². The number of hydrogen-bond donors (Lipinski definition) is 0. The lowest BCUT2D eigenvalue weighted by atomic mass is 9.91. The Morgan fingerprint density at radius 3 is 1.85 bits per heavy atom. The summed E-state index contributed by atoms with van der Waals surface area (Å²) in [5, 5.41) is 0. The minimum Gasteiger partial charge on any atom is -0.0812 e. The molecule has 0 radical (unpaired) electrons. The number of rotatable bonds is 3. The molecule has 138 valence electrons. The third-order valence-electron chi connectivity index (χ3n) is 5.22. The fourth-order valence-corrected chi connectivity index (χ4v) is 6.93. The summed E-state index contributed by atoms with van der Waals surface area (Å²) in [4.78, 5) is 0. The smallest absolute Gasteiger partial charge is 0.0812 e. The van der Waals surface area contributed by atoms with E-state index in [0.29, 0.717) is 0 Å². The molecule has 4 rings (SSSR count). The van der Waals surface area contributed by atoms with Crippen LogP contribution in [0.3, 0.4) is 0 Å². The maximum absolute atomic E-state index is 2.63. The molecule has 0 aliphatic heterocycles.